The molecule has 0 aliphatic rings. The Hall–Kier alpha value is -1.97. The van der Waals surface area contributed by atoms with E-state index < -0.39 is 0 Å². The predicted octanol–water partition coefficient (Wildman–Crippen LogP) is 1.58. The molecule has 0 fully saturated rings. The fourth-order valence-electron chi connectivity index (χ4n) is 1.24. The molecule has 0 saturated heterocycles. The summed E-state index contributed by atoms with van der Waals surface area (Å²) in [5.41, 5.74) is 6.63. The van der Waals surface area contributed by atoms with Gasteiger partial charge in [-0.3, -0.25) is 4.79 Å². The second-order valence-corrected chi connectivity index (χ2v) is 3.46. The molecule has 3 N–H and O–H groups in total. The minimum absolute atomic E-state index is 0.0882. The molecule has 1 unspecified atom stereocenters. The number of rotatable bonds is 4. The molecule has 1 aromatic rings. The summed E-state index contributed by atoms with van der Waals surface area (Å²) in [5, 5.41) is 2.76. The molecule has 4 nitrogen and oxygen atoms in total. The fourth-order valence-corrected chi connectivity index (χ4v) is 1.24. The van der Waals surface area contributed by atoms with Crippen molar-refractivity contribution in [3.63, 3.8) is 0 Å². The van der Waals surface area contributed by atoms with Gasteiger partial charge >= 0.3 is 0 Å². The summed E-state index contributed by atoms with van der Waals surface area (Å²) in [4.78, 5) is 11.8. The maximum Gasteiger partial charge on any atom is 0.255 e. The summed E-state index contributed by atoms with van der Waals surface area (Å²) in [5.74, 6) is 0.262. The monoisotopic (exact) mass is 220 g/mol. The van der Waals surface area contributed by atoms with E-state index in [2.05, 4.69) is 11.9 Å². The Kier molecular flexibility index (Phi) is 3.94. The van der Waals surface area contributed by atoms with Crippen LogP contribution in [0.25, 0.3) is 0 Å². The average Bonchev–Trinajstić information content (AvgIpc) is 2.28. The van der Waals surface area contributed by atoms with Crippen molar-refractivity contribution in [2.24, 2.45) is 0 Å². The summed E-state index contributed by atoms with van der Waals surface area (Å²) in [7, 11) is 1.50. The Balaban J connectivity index is 2.94. The van der Waals surface area contributed by atoms with Gasteiger partial charge in [0, 0.05) is 17.8 Å². The van der Waals surface area contributed by atoms with Crippen LogP contribution in [0.4, 0.5) is 5.69 Å². The first-order valence-corrected chi connectivity index (χ1v) is 4.95. The molecule has 0 spiro atoms. The maximum absolute atomic E-state index is 11.8. The van der Waals surface area contributed by atoms with E-state index in [0.717, 1.165) is 0 Å². The zero-order valence-electron chi connectivity index (χ0n) is 9.49. The standard InChI is InChI=1S/C12H16N2O2/c1-4-8(2)14-12(15)10-6-5-9(13)7-11(10)16-3/h4-8H,1,13H2,2-3H3,(H,14,15). The number of carbonyl (C=O) groups is 1. The van der Waals surface area contributed by atoms with Crippen molar-refractivity contribution in [3.05, 3.63) is 36.4 Å². The van der Waals surface area contributed by atoms with Gasteiger partial charge in [0.1, 0.15) is 5.75 Å². The molecular formula is C12H16N2O2. The second kappa shape index (κ2) is 5.21. The first kappa shape index (κ1) is 12.1. The number of nitrogen functional groups attached to an aromatic ring is 1. The zero-order valence-corrected chi connectivity index (χ0v) is 9.49. The molecular weight excluding hydrogens is 204 g/mol. The molecule has 0 bridgehead atoms. The summed E-state index contributed by atoms with van der Waals surface area (Å²) in [6, 6.07) is 4.83. The molecule has 0 aliphatic heterocycles. The van der Waals surface area contributed by atoms with Gasteiger partial charge in [0.25, 0.3) is 5.91 Å². The number of anilines is 1. The van der Waals surface area contributed by atoms with E-state index >= 15 is 0 Å². The largest absolute Gasteiger partial charge is 0.496 e. The van der Waals surface area contributed by atoms with E-state index in [1.54, 1.807) is 24.3 Å². The zero-order chi connectivity index (χ0) is 12.1. The molecule has 1 aromatic carbocycles. The SMILES string of the molecule is C=CC(C)NC(=O)c1ccc(N)cc1OC. The average molecular weight is 220 g/mol. The van der Waals surface area contributed by atoms with E-state index in [0.29, 0.717) is 17.0 Å². The Morgan fingerprint density at radius 2 is 2.31 bits per heavy atom. The van der Waals surface area contributed by atoms with Crippen molar-refractivity contribution >= 4 is 11.6 Å². The topological polar surface area (TPSA) is 64.4 Å². The lowest BCUT2D eigenvalue weighted by Crippen LogP contribution is -2.31. The number of methoxy groups -OCH3 is 1. The van der Waals surface area contributed by atoms with Crippen molar-refractivity contribution in [3.8, 4) is 5.75 Å². The summed E-state index contributed by atoms with van der Waals surface area (Å²) in [6.07, 6.45) is 1.65. The predicted molar refractivity (Wildman–Crippen MR) is 64.5 cm³/mol. The molecule has 1 rings (SSSR count). The third kappa shape index (κ3) is 2.76. The number of carbonyl (C=O) groups excluding carboxylic acids is 1. The molecule has 1 atom stereocenters. The summed E-state index contributed by atoms with van der Waals surface area (Å²) >= 11 is 0. The number of nitrogens with two attached hydrogens (primary N) is 1. The van der Waals surface area contributed by atoms with Crippen LogP contribution in [-0.4, -0.2) is 19.1 Å². The lowest BCUT2D eigenvalue weighted by Gasteiger charge is -2.12. The second-order valence-electron chi connectivity index (χ2n) is 3.46. The van der Waals surface area contributed by atoms with Crippen molar-refractivity contribution in [1.82, 2.24) is 5.32 Å². The lowest BCUT2D eigenvalue weighted by atomic mass is 10.1. The fraction of sp³-hybridized carbons (Fsp3) is 0.250. The van der Waals surface area contributed by atoms with Crippen molar-refractivity contribution in [2.75, 3.05) is 12.8 Å². The van der Waals surface area contributed by atoms with E-state index in [9.17, 15) is 4.79 Å². The molecule has 1 amide bonds. The normalized spacial score (nSPS) is 11.6. The van der Waals surface area contributed by atoms with Crippen LogP contribution in [0.2, 0.25) is 0 Å². The number of nitrogens with one attached hydrogen (secondary N) is 1. The van der Waals surface area contributed by atoms with Crippen LogP contribution in [0.5, 0.6) is 5.75 Å². The quantitative estimate of drug-likeness (QED) is 0.598. The van der Waals surface area contributed by atoms with E-state index in [-0.39, 0.29) is 11.9 Å². The number of benzene rings is 1. The minimum atomic E-state index is -0.204. The minimum Gasteiger partial charge on any atom is -0.496 e. The molecule has 86 valence electrons. The molecule has 0 aromatic heterocycles. The van der Waals surface area contributed by atoms with E-state index in [1.165, 1.54) is 7.11 Å². The van der Waals surface area contributed by atoms with Crippen LogP contribution in [0.1, 0.15) is 17.3 Å². The third-order valence-electron chi connectivity index (χ3n) is 2.18. The van der Waals surface area contributed by atoms with Crippen molar-refractivity contribution in [2.45, 2.75) is 13.0 Å². The first-order valence-electron chi connectivity index (χ1n) is 4.95. The van der Waals surface area contributed by atoms with Crippen molar-refractivity contribution in [1.29, 1.82) is 0 Å². The highest BCUT2D eigenvalue weighted by Crippen LogP contribution is 2.21. The van der Waals surface area contributed by atoms with Crippen LogP contribution in [0, 0.1) is 0 Å². The highest BCUT2D eigenvalue weighted by atomic mass is 16.5. The molecule has 0 saturated carbocycles. The van der Waals surface area contributed by atoms with Crippen LogP contribution in [0.15, 0.2) is 30.9 Å². The lowest BCUT2D eigenvalue weighted by molar-refractivity contribution is 0.0944. The molecule has 0 heterocycles. The Morgan fingerprint density at radius 1 is 1.62 bits per heavy atom. The van der Waals surface area contributed by atoms with Gasteiger partial charge in [-0.2, -0.15) is 0 Å². The smallest absolute Gasteiger partial charge is 0.255 e. The van der Waals surface area contributed by atoms with Gasteiger partial charge in [-0.1, -0.05) is 6.08 Å². The van der Waals surface area contributed by atoms with Crippen LogP contribution < -0.4 is 15.8 Å². The first-order chi connectivity index (χ1) is 7.58. The van der Waals surface area contributed by atoms with E-state index in [1.807, 2.05) is 6.92 Å². The summed E-state index contributed by atoms with van der Waals surface area (Å²) in [6.45, 7) is 5.44. The highest BCUT2D eigenvalue weighted by molar-refractivity contribution is 5.97. The highest BCUT2D eigenvalue weighted by Gasteiger charge is 2.13. The van der Waals surface area contributed by atoms with Gasteiger partial charge in [-0.05, 0) is 19.1 Å². The Morgan fingerprint density at radius 3 is 2.88 bits per heavy atom. The van der Waals surface area contributed by atoms with Gasteiger partial charge in [0.2, 0.25) is 0 Å². The van der Waals surface area contributed by atoms with E-state index in [4.69, 9.17) is 10.5 Å². The number of hydrogen-bond acceptors (Lipinski definition) is 3. The Bertz CT molecular complexity index is 402. The van der Waals surface area contributed by atoms with Crippen LogP contribution in [-0.2, 0) is 0 Å². The molecule has 16 heavy (non-hydrogen) atoms. The molecule has 0 radical (unpaired) electrons. The number of ether oxygens (including phenoxy) is 1. The van der Waals surface area contributed by atoms with Gasteiger partial charge < -0.3 is 15.8 Å². The maximum atomic E-state index is 11.8. The molecule has 0 aliphatic carbocycles. The summed E-state index contributed by atoms with van der Waals surface area (Å²) < 4.78 is 5.10. The van der Waals surface area contributed by atoms with Gasteiger partial charge in [0.05, 0.1) is 12.7 Å². The molecule has 4 heteroatoms. The van der Waals surface area contributed by atoms with Gasteiger partial charge in [-0.15, -0.1) is 6.58 Å². The number of hydrogen-bond donors (Lipinski definition) is 2. The Labute approximate surface area is 95.1 Å². The van der Waals surface area contributed by atoms with Crippen LogP contribution >= 0.6 is 0 Å². The van der Waals surface area contributed by atoms with Crippen molar-refractivity contribution < 1.29 is 9.53 Å². The van der Waals surface area contributed by atoms with Gasteiger partial charge in [-0.25, -0.2) is 0 Å². The number of amides is 1. The van der Waals surface area contributed by atoms with Crippen LogP contribution in [0.3, 0.4) is 0 Å². The third-order valence-corrected chi connectivity index (χ3v) is 2.18. The van der Waals surface area contributed by atoms with Gasteiger partial charge in [0.15, 0.2) is 0 Å².